The van der Waals surface area contributed by atoms with Crippen molar-refractivity contribution in [1.29, 1.82) is 0 Å². The van der Waals surface area contributed by atoms with Gasteiger partial charge >= 0.3 is 0 Å². The van der Waals surface area contributed by atoms with Crippen LogP contribution in [0.4, 0.5) is 0 Å². The molecule has 0 aliphatic carbocycles. The monoisotopic (exact) mass is 218 g/mol. The van der Waals surface area contributed by atoms with Crippen LogP contribution >= 0.6 is 11.8 Å². The summed E-state index contributed by atoms with van der Waals surface area (Å²) in [5.74, 6) is 1.33. The number of likely N-dealkylation sites (tertiary alicyclic amines) is 1. The second-order valence-corrected chi connectivity index (χ2v) is 5.66. The molecule has 1 atom stereocenters. The van der Waals surface area contributed by atoms with Crippen molar-refractivity contribution in [2.45, 2.75) is 25.3 Å². The Morgan fingerprint density at radius 1 is 1.36 bits per heavy atom. The molecule has 1 saturated heterocycles. The first kappa shape index (κ1) is 12.3. The summed E-state index contributed by atoms with van der Waals surface area (Å²) in [5.41, 5.74) is 0. The largest absolute Gasteiger partial charge is 0.337 e. The first-order valence-corrected chi connectivity index (χ1v) is 7.26. The summed E-state index contributed by atoms with van der Waals surface area (Å²) in [7, 11) is 4.70. The smallest absolute Gasteiger partial charge is 0.0981 e. The summed E-state index contributed by atoms with van der Waals surface area (Å²) < 4.78 is 0. The Labute approximate surface area is 93.0 Å². The van der Waals surface area contributed by atoms with E-state index in [1.807, 2.05) is 11.8 Å². The molecule has 0 radical (unpaired) electrons. The lowest BCUT2D eigenvalue weighted by atomic mass is 10.0. The van der Waals surface area contributed by atoms with Crippen LogP contribution in [0.5, 0.6) is 0 Å². The van der Waals surface area contributed by atoms with Gasteiger partial charge in [-0.25, -0.2) is 0 Å². The molecule has 1 rings (SSSR count). The molecule has 1 unspecified atom stereocenters. The van der Waals surface area contributed by atoms with Crippen LogP contribution in [0.1, 0.15) is 19.3 Å². The SMILES string of the molecule is CSCCC[NH+](C)C1CC[NH+](C)CC1. The lowest BCUT2D eigenvalue weighted by Gasteiger charge is -2.30. The highest BCUT2D eigenvalue weighted by Crippen LogP contribution is 1.96. The van der Waals surface area contributed by atoms with Crippen LogP contribution in [0, 0.1) is 0 Å². The number of thioether (sulfide) groups is 1. The van der Waals surface area contributed by atoms with Crippen LogP contribution in [-0.4, -0.2) is 51.8 Å². The van der Waals surface area contributed by atoms with E-state index in [-0.39, 0.29) is 0 Å². The number of hydrogen-bond donors (Lipinski definition) is 2. The van der Waals surface area contributed by atoms with Gasteiger partial charge in [-0.3, -0.25) is 0 Å². The summed E-state index contributed by atoms with van der Waals surface area (Å²) in [6.45, 7) is 4.12. The van der Waals surface area contributed by atoms with Gasteiger partial charge in [0.15, 0.2) is 0 Å². The average Bonchev–Trinajstić information content (AvgIpc) is 2.19. The molecule has 84 valence electrons. The summed E-state index contributed by atoms with van der Waals surface area (Å²) in [6.07, 6.45) is 6.44. The second kappa shape index (κ2) is 6.70. The summed E-state index contributed by atoms with van der Waals surface area (Å²) >= 11 is 1.97. The predicted molar refractivity (Wildman–Crippen MR) is 64.4 cm³/mol. The highest BCUT2D eigenvalue weighted by molar-refractivity contribution is 7.98. The predicted octanol–water partition coefficient (Wildman–Crippen LogP) is -1.07. The molecular weight excluding hydrogens is 192 g/mol. The van der Waals surface area contributed by atoms with E-state index in [0.717, 1.165) is 6.04 Å². The number of rotatable bonds is 5. The van der Waals surface area contributed by atoms with Crippen molar-refractivity contribution >= 4 is 11.8 Å². The summed E-state index contributed by atoms with van der Waals surface area (Å²) in [6, 6.07) is 0.945. The van der Waals surface area contributed by atoms with Gasteiger partial charge in [-0.2, -0.15) is 11.8 Å². The third kappa shape index (κ3) is 4.20. The van der Waals surface area contributed by atoms with Crippen molar-refractivity contribution in [2.75, 3.05) is 45.7 Å². The quantitative estimate of drug-likeness (QED) is 0.559. The molecular formula is C11H26N2S+2. The third-order valence-corrected chi connectivity index (χ3v) is 4.15. The molecule has 2 N–H and O–H groups in total. The van der Waals surface area contributed by atoms with Crippen molar-refractivity contribution < 1.29 is 9.80 Å². The molecule has 1 heterocycles. The minimum absolute atomic E-state index is 0.945. The van der Waals surface area contributed by atoms with E-state index in [1.54, 1.807) is 9.80 Å². The Hall–Kier alpha value is 0.270. The fourth-order valence-corrected chi connectivity index (χ4v) is 2.74. The van der Waals surface area contributed by atoms with Crippen molar-refractivity contribution in [2.24, 2.45) is 0 Å². The maximum absolute atomic E-state index is 2.38. The molecule has 0 bridgehead atoms. The van der Waals surface area contributed by atoms with E-state index >= 15 is 0 Å². The number of hydrogen-bond acceptors (Lipinski definition) is 1. The topological polar surface area (TPSA) is 8.88 Å². The number of quaternary nitrogens is 2. The standard InChI is InChI=1S/C11H24N2S/c1-12-8-5-11(6-9-12)13(2)7-4-10-14-3/h11H,4-10H2,1-3H3/p+2. The second-order valence-electron chi connectivity index (χ2n) is 4.67. The van der Waals surface area contributed by atoms with Crippen LogP contribution in [0.3, 0.4) is 0 Å². The van der Waals surface area contributed by atoms with Crippen molar-refractivity contribution in [3.8, 4) is 0 Å². The lowest BCUT2D eigenvalue weighted by molar-refractivity contribution is -0.939. The van der Waals surface area contributed by atoms with Gasteiger partial charge in [0.2, 0.25) is 0 Å². The average molecular weight is 218 g/mol. The van der Waals surface area contributed by atoms with Crippen molar-refractivity contribution in [3.05, 3.63) is 0 Å². The molecule has 0 spiro atoms. The molecule has 0 aromatic rings. The highest BCUT2D eigenvalue weighted by atomic mass is 32.2. The molecule has 3 heteroatoms. The van der Waals surface area contributed by atoms with Gasteiger partial charge < -0.3 is 9.80 Å². The molecule has 0 saturated carbocycles. The van der Waals surface area contributed by atoms with Crippen LogP contribution < -0.4 is 9.80 Å². The van der Waals surface area contributed by atoms with Gasteiger partial charge in [0, 0.05) is 19.3 Å². The van der Waals surface area contributed by atoms with Crippen LogP contribution in [-0.2, 0) is 0 Å². The fraction of sp³-hybridized carbons (Fsp3) is 1.00. The molecule has 0 aromatic carbocycles. The van der Waals surface area contributed by atoms with Gasteiger partial charge in [-0.05, 0) is 12.0 Å². The lowest BCUT2D eigenvalue weighted by Crippen LogP contribution is -3.18. The zero-order valence-electron chi connectivity index (χ0n) is 9.94. The maximum Gasteiger partial charge on any atom is 0.0981 e. The van der Waals surface area contributed by atoms with Gasteiger partial charge in [0.1, 0.15) is 0 Å². The summed E-state index contributed by atoms with van der Waals surface area (Å²) in [4.78, 5) is 3.49. The highest BCUT2D eigenvalue weighted by Gasteiger charge is 2.25. The van der Waals surface area contributed by atoms with Crippen molar-refractivity contribution in [1.82, 2.24) is 0 Å². The Morgan fingerprint density at radius 2 is 2.00 bits per heavy atom. The van der Waals surface area contributed by atoms with E-state index in [9.17, 15) is 0 Å². The minimum atomic E-state index is 0.945. The van der Waals surface area contributed by atoms with Crippen LogP contribution in [0.15, 0.2) is 0 Å². The fourth-order valence-electron chi connectivity index (χ4n) is 2.30. The molecule has 0 aromatic heterocycles. The zero-order valence-corrected chi connectivity index (χ0v) is 10.8. The van der Waals surface area contributed by atoms with Gasteiger partial charge in [0.05, 0.1) is 39.8 Å². The first-order valence-electron chi connectivity index (χ1n) is 5.86. The Bertz CT molecular complexity index is 144. The Balaban J connectivity index is 2.13. The van der Waals surface area contributed by atoms with Gasteiger partial charge in [-0.1, -0.05) is 0 Å². The molecule has 1 aliphatic heterocycles. The van der Waals surface area contributed by atoms with Gasteiger partial charge in [0.25, 0.3) is 0 Å². The van der Waals surface area contributed by atoms with E-state index in [4.69, 9.17) is 0 Å². The summed E-state index contributed by atoms with van der Waals surface area (Å²) in [5, 5.41) is 0. The molecule has 14 heavy (non-hydrogen) atoms. The van der Waals surface area contributed by atoms with E-state index in [1.165, 1.54) is 44.6 Å². The molecule has 2 nitrogen and oxygen atoms in total. The van der Waals surface area contributed by atoms with Crippen LogP contribution in [0.25, 0.3) is 0 Å². The molecule has 1 aliphatic rings. The zero-order chi connectivity index (χ0) is 10.4. The van der Waals surface area contributed by atoms with Gasteiger partial charge in [-0.15, -0.1) is 0 Å². The first-order chi connectivity index (χ1) is 6.74. The van der Waals surface area contributed by atoms with E-state index in [0.29, 0.717) is 0 Å². The Kier molecular flexibility index (Phi) is 5.90. The normalized spacial score (nSPS) is 30.2. The van der Waals surface area contributed by atoms with Crippen molar-refractivity contribution in [3.63, 3.8) is 0 Å². The molecule has 0 amide bonds. The van der Waals surface area contributed by atoms with Crippen LogP contribution in [0.2, 0.25) is 0 Å². The Morgan fingerprint density at radius 3 is 2.57 bits per heavy atom. The third-order valence-electron chi connectivity index (χ3n) is 3.46. The van der Waals surface area contributed by atoms with E-state index in [2.05, 4.69) is 20.4 Å². The number of piperidine rings is 1. The van der Waals surface area contributed by atoms with E-state index < -0.39 is 0 Å². The maximum atomic E-state index is 2.38. The molecule has 1 fully saturated rings. The minimum Gasteiger partial charge on any atom is -0.337 e. The number of nitrogens with one attached hydrogen (secondary N) is 2.